The van der Waals surface area contributed by atoms with E-state index in [1.807, 2.05) is 24.3 Å². The molecular weight excluding hydrogens is 489 g/mol. The number of aromatic nitrogens is 3. The Labute approximate surface area is 200 Å². The molecule has 4 aromatic rings. The fourth-order valence-corrected chi connectivity index (χ4v) is 4.59. The molecular formula is C21H15ClFN5O3S2. The van der Waals surface area contributed by atoms with Crippen molar-refractivity contribution >= 4 is 57.0 Å². The number of para-hydroxylation sites is 1. The van der Waals surface area contributed by atoms with Crippen molar-refractivity contribution in [2.75, 3.05) is 12.9 Å². The molecule has 0 saturated carbocycles. The molecule has 1 amide bonds. The number of nitrogens with zero attached hydrogens (tertiary/aromatic N) is 4. The third-order valence-corrected chi connectivity index (χ3v) is 6.44. The lowest BCUT2D eigenvalue weighted by Crippen LogP contribution is -2.19. The summed E-state index contributed by atoms with van der Waals surface area (Å²) in [6, 6.07) is 12.6. The van der Waals surface area contributed by atoms with Gasteiger partial charge in [0.2, 0.25) is 11.1 Å². The van der Waals surface area contributed by atoms with Gasteiger partial charge in [-0.05, 0) is 47.5 Å². The van der Waals surface area contributed by atoms with E-state index >= 15 is 0 Å². The number of hydrogen-bond donors (Lipinski definition) is 1. The SMILES string of the molecule is COc1cc(/C=N\NC(=O)CSc2nc3ccccc3s2)ccc1Oc1nc(Cl)ncc1F. The second-order valence-corrected chi connectivity index (χ2v) is 8.93. The molecule has 2 heterocycles. The minimum absolute atomic E-state index is 0.147. The summed E-state index contributed by atoms with van der Waals surface area (Å²) in [6.07, 6.45) is 2.37. The average molecular weight is 504 g/mol. The van der Waals surface area contributed by atoms with Crippen molar-refractivity contribution in [3.05, 3.63) is 65.3 Å². The first-order valence-corrected chi connectivity index (χ1v) is 11.5. The third kappa shape index (κ3) is 5.95. The molecule has 0 unspecified atom stereocenters. The van der Waals surface area contributed by atoms with Crippen LogP contribution < -0.4 is 14.9 Å². The summed E-state index contributed by atoms with van der Waals surface area (Å²) in [4.78, 5) is 23.8. The highest BCUT2D eigenvalue weighted by Crippen LogP contribution is 2.32. The van der Waals surface area contributed by atoms with E-state index in [9.17, 15) is 9.18 Å². The molecule has 0 bridgehead atoms. The summed E-state index contributed by atoms with van der Waals surface area (Å²) in [5, 5.41) is 3.81. The fourth-order valence-electron chi connectivity index (χ4n) is 2.61. The largest absolute Gasteiger partial charge is 0.493 e. The number of carbonyl (C=O) groups excluding carboxylic acids is 1. The van der Waals surface area contributed by atoms with Gasteiger partial charge in [-0.3, -0.25) is 4.79 Å². The summed E-state index contributed by atoms with van der Waals surface area (Å²) < 4.78 is 26.4. The van der Waals surface area contributed by atoms with Crippen LogP contribution in [-0.4, -0.2) is 39.9 Å². The number of methoxy groups -OCH3 is 1. The van der Waals surface area contributed by atoms with Crippen LogP contribution in [0.4, 0.5) is 4.39 Å². The van der Waals surface area contributed by atoms with Gasteiger partial charge in [0.15, 0.2) is 15.8 Å². The number of amides is 1. The minimum atomic E-state index is -0.765. The van der Waals surface area contributed by atoms with E-state index in [2.05, 4.69) is 25.5 Å². The van der Waals surface area contributed by atoms with Crippen molar-refractivity contribution in [3.63, 3.8) is 0 Å². The molecule has 0 aliphatic heterocycles. The van der Waals surface area contributed by atoms with E-state index in [-0.39, 0.29) is 28.6 Å². The second-order valence-electron chi connectivity index (χ2n) is 6.33. The van der Waals surface area contributed by atoms with Crippen molar-refractivity contribution in [2.45, 2.75) is 4.34 Å². The second kappa shape index (κ2) is 10.6. The Kier molecular flexibility index (Phi) is 7.33. The van der Waals surface area contributed by atoms with Gasteiger partial charge in [0.25, 0.3) is 11.8 Å². The lowest BCUT2D eigenvalue weighted by Gasteiger charge is -2.10. The van der Waals surface area contributed by atoms with E-state index < -0.39 is 5.82 Å². The van der Waals surface area contributed by atoms with Gasteiger partial charge >= 0.3 is 0 Å². The first-order chi connectivity index (χ1) is 16.0. The van der Waals surface area contributed by atoms with E-state index in [1.54, 1.807) is 18.2 Å². The number of benzene rings is 2. The van der Waals surface area contributed by atoms with E-state index in [0.717, 1.165) is 20.8 Å². The number of fused-ring (bicyclic) bond motifs is 1. The number of rotatable bonds is 8. The fraction of sp³-hybridized carbons (Fsp3) is 0.0952. The molecule has 2 aromatic carbocycles. The Morgan fingerprint density at radius 3 is 2.94 bits per heavy atom. The lowest BCUT2D eigenvalue weighted by molar-refractivity contribution is -0.118. The maximum atomic E-state index is 13.8. The summed E-state index contributed by atoms with van der Waals surface area (Å²) in [6.45, 7) is 0. The zero-order chi connectivity index (χ0) is 23.2. The van der Waals surface area contributed by atoms with Gasteiger partial charge in [0, 0.05) is 0 Å². The standard InChI is InChI=1S/C21H15ClFN5O3S2/c1-30-16-8-12(6-7-15(16)31-19-13(23)10-24-20(22)27-19)9-25-28-18(29)11-32-21-26-14-4-2-3-5-17(14)33-21/h2-10H,11H2,1H3,(H,28,29)/b25-9-. The van der Waals surface area contributed by atoms with Gasteiger partial charge < -0.3 is 9.47 Å². The van der Waals surface area contributed by atoms with Gasteiger partial charge in [0.05, 0.1) is 35.5 Å². The summed E-state index contributed by atoms with van der Waals surface area (Å²) in [5.74, 6) is -0.643. The molecule has 168 valence electrons. The molecule has 0 aliphatic rings. The van der Waals surface area contributed by atoms with Crippen LogP contribution in [0.15, 0.2) is 58.1 Å². The van der Waals surface area contributed by atoms with Crippen molar-refractivity contribution < 1.29 is 18.7 Å². The number of thiazole rings is 1. The van der Waals surface area contributed by atoms with Crippen LogP contribution in [0.1, 0.15) is 5.56 Å². The predicted molar refractivity (Wildman–Crippen MR) is 126 cm³/mol. The van der Waals surface area contributed by atoms with Crippen LogP contribution in [0.2, 0.25) is 5.28 Å². The number of hydrogen-bond acceptors (Lipinski definition) is 9. The number of nitrogens with one attached hydrogen (secondary N) is 1. The Balaban J connectivity index is 1.34. The summed E-state index contributed by atoms with van der Waals surface area (Å²) in [5.41, 5.74) is 4.01. The van der Waals surface area contributed by atoms with Crippen molar-refractivity contribution in [2.24, 2.45) is 5.10 Å². The molecule has 0 saturated heterocycles. The smallest absolute Gasteiger partial charge is 0.260 e. The maximum absolute atomic E-state index is 13.8. The topological polar surface area (TPSA) is 98.6 Å². The van der Waals surface area contributed by atoms with Gasteiger partial charge in [0.1, 0.15) is 0 Å². The maximum Gasteiger partial charge on any atom is 0.260 e. The lowest BCUT2D eigenvalue weighted by atomic mass is 10.2. The number of carbonyl (C=O) groups is 1. The molecule has 0 spiro atoms. The molecule has 33 heavy (non-hydrogen) atoms. The number of hydrazone groups is 1. The van der Waals surface area contributed by atoms with Crippen LogP contribution in [0.25, 0.3) is 10.2 Å². The zero-order valence-corrected chi connectivity index (χ0v) is 19.4. The molecule has 4 rings (SSSR count). The summed E-state index contributed by atoms with van der Waals surface area (Å²) in [7, 11) is 1.44. The minimum Gasteiger partial charge on any atom is -0.493 e. The molecule has 1 N–H and O–H groups in total. The Morgan fingerprint density at radius 2 is 2.12 bits per heavy atom. The van der Waals surface area contributed by atoms with Gasteiger partial charge in [-0.2, -0.15) is 14.5 Å². The molecule has 12 heteroatoms. The number of thioether (sulfide) groups is 1. The van der Waals surface area contributed by atoms with Crippen LogP contribution in [-0.2, 0) is 4.79 Å². The van der Waals surface area contributed by atoms with E-state index in [1.165, 1.54) is 36.4 Å². The Hall–Kier alpha value is -3.28. The Bertz CT molecular complexity index is 1300. The molecule has 0 aliphatic carbocycles. The molecule has 2 aromatic heterocycles. The van der Waals surface area contributed by atoms with Crippen LogP contribution in [0.5, 0.6) is 17.4 Å². The van der Waals surface area contributed by atoms with Gasteiger partial charge in [-0.1, -0.05) is 23.9 Å². The quantitative estimate of drug-likeness (QED) is 0.158. The van der Waals surface area contributed by atoms with Gasteiger partial charge in [-0.15, -0.1) is 11.3 Å². The van der Waals surface area contributed by atoms with E-state index in [4.69, 9.17) is 21.1 Å². The summed E-state index contributed by atoms with van der Waals surface area (Å²) >= 11 is 8.57. The zero-order valence-electron chi connectivity index (χ0n) is 17.0. The van der Waals surface area contributed by atoms with Crippen LogP contribution in [0, 0.1) is 5.82 Å². The molecule has 0 fully saturated rings. The number of halogens is 2. The van der Waals surface area contributed by atoms with Crippen molar-refractivity contribution in [1.82, 2.24) is 20.4 Å². The van der Waals surface area contributed by atoms with Crippen molar-refractivity contribution in [1.29, 1.82) is 0 Å². The first-order valence-electron chi connectivity index (χ1n) is 9.36. The van der Waals surface area contributed by atoms with Crippen molar-refractivity contribution in [3.8, 4) is 17.4 Å². The van der Waals surface area contributed by atoms with Gasteiger partial charge in [-0.25, -0.2) is 15.4 Å². The average Bonchev–Trinajstić information content (AvgIpc) is 3.24. The monoisotopic (exact) mass is 503 g/mol. The number of ether oxygens (including phenoxy) is 2. The first kappa shape index (κ1) is 22.9. The normalized spacial score (nSPS) is 11.1. The van der Waals surface area contributed by atoms with E-state index in [0.29, 0.717) is 11.3 Å². The highest BCUT2D eigenvalue weighted by molar-refractivity contribution is 8.01. The highest BCUT2D eigenvalue weighted by Gasteiger charge is 2.13. The third-order valence-electron chi connectivity index (χ3n) is 4.08. The predicted octanol–water partition coefficient (Wildman–Crippen LogP) is 4.92. The highest BCUT2D eigenvalue weighted by atomic mass is 35.5. The van der Waals surface area contributed by atoms with Crippen LogP contribution in [0.3, 0.4) is 0 Å². The molecule has 8 nitrogen and oxygen atoms in total. The molecule has 0 atom stereocenters. The van der Waals surface area contributed by atoms with Crippen LogP contribution >= 0.6 is 34.7 Å². The Morgan fingerprint density at radius 1 is 1.27 bits per heavy atom. The molecule has 0 radical (unpaired) electrons.